The average molecular weight is 330 g/mol. The predicted octanol–water partition coefficient (Wildman–Crippen LogP) is 2.10. The third-order valence-corrected chi connectivity index (χ3v) is 4.30. The summed E-state index contributed by atoms with van der Waals surface area (Å²) in [7, 11) is 0. The van der Waals surface area contributed by atoms with Crippen molar-refractivity contribution in [2.24, 2.45) is 0 Å². The molecule has 0 atom stereocenters. The van der Waals surface area contributed by atoms with Gasteiger partial charge in [-0.15, -0.1) is 0 Å². The second kappa shape index (κ2) is 6.86. The number of rotatable bonds is 5. The summed E-state index contributed by atoms with van der Waals surface area (Å²) in [5.41, 5.74) is 2.55. The molecule has 6 nitrogen and oxygen atoms in total. The lowest BCUT2D eigenvalue weighted by Crippen LogP contribution is -2.43. The first-order chi connectivity index (χ1) is 11.3. The number of hydrogen-bond acceptors (Lipinski definition) is 3. The Morgan fingerprint density at radius 1 is 1.12 bits per heavy atom. The maximum Gasteiger partial charge on any atom is 0.331 e. The van der Waals surface area contributed by atoms with Gasteiger partial charge in [0.2, 0.25) is 0 Å². The van der Waals surface area contributed by atoms with Crippen molar-refractivity contribution in [3.05, 3.63) is 55.9 Å². The van der Waals surface area contributed by atoms with Crippen LogP contribution < -0.4 is 11.2 Å². The van der Waals surface area contributed by atoms with Crippen LogP contribution in [-0.4, -0.2) is 20.2 Å². The van der Waals surface area contributed by atoms with Crippen LogP contribution >= 0.6 is 0 Å². The van der Waals surface area contributed by atoms with Crippen LogP contribution in [0.2, 0.25) is 0 Å². The van der Waals surface area contributed by atoms with E-state index < -0.39 is 18.2 Å². The van der Waals surface area contributed by atoms with Crippen LogP contribution in [0.3, 0.4) is 0 Å². The maximum atomic E-state index is 12.9. The highest BCUT2D eigenvalue weighted by Gasteiger charge is 2.20. The molecule has 0 aliphatic heterocycles. The first kappa shape index (κ1) is 17.7. The molecular weight excluding hydrogens is 308 g/mol. The number of hydrogen-bond donors (Lipinski definition) is 1. The fourth-order valence-corrected chi connectivity index (χ4v) is 2.88. The molecule has 1 N–H and O–H groups in total. The van der Waals surface area contributed by atoms with Gasteiger partial charge in [-0.3, -0.25) is 18.7 Å². The number of carboxylic acids is 1. The van der Waals surface area contributed by atoms with E-state index in [9.17, 15) is 14.4 Å². The highest BCUT2D eigenvalue weighted by atomic mass is 16.4. The Labute approximate surface area is 140 Å². The van der Waals surface area contributed by atoms with E-state index in [0.29, 0.717) is 17.7 Å². The molecular formula is C18H22N2O4. The van der Waals surface area contributed by atoms with E-state index in [4.69, 9.17) is 5.11 Å². The molecule has 0 unspecified atom stereocenters. The van der Waals surface area contributed by atoms with Crippen LogP contribution in [0.15, 0.2) is 27.8 Å². The minimum absolute atomic E-state index is 0.259. The summed E-state index contributed by atoms with van der Waals surface area (Å²) in [6.07, 6.45) is 0.609. The van der Waals surface area contributed by atoms with Gasteiger partial charge in [-0.1, -0.05) is 25.1 Å². The topological polar surface area (TPSA) is 81.3 Å². The molecule has 0 bridgehead atoms. The zero-order valence-electron chi connectivity index (χ0n) is 14.4. The van der Waals surface area contributed by atoms with Crippen LogP contribution in [0.1, 0.15) is 30.2 Å². The van der Waals surface area contributed by atoms with Crippen molar-refractivity contribution < 1.29 is 9.90 Å². The number of nitrogens with zero attached hydrogens (tertiary/aromatic N) is 2. The van der Waals surface area contributed by atoms with Crippen molar-refractivity contribution in [2.45, 2.75) is 47.2 Å². The lowest BCUT2D eigenvalue weighted by Gasteiger charge is -2.17. The summed E-state index contributed by atoms with van der Waals surface area (Å²) in [5.74, 6) is -1.12. The molecule has 0 amide bonds. The van der Waals surface area contributed by atoms with E-state index in [0.717, 1.165) is 25.8 Å². The minimum Gasteiger partial charge on any atom is -0.480 e. The minimum atomic E-state index is -1.12. The molecule has 0 aliphatic rings. The van der Waals surface area contributed by atoms with Gasteiger partial charge in [-0.25, -0.2) is 4.79 Å². The van der Waals surface area contributed by atoms with Crippen molar-refractivity contribution in [1.29, 1.82) is 0 Å². The number of carbonyl (C=O) groups is 1. The monoisotopic (exact) mass is 330 g/mol. The van der Waals surface area contributed by atoms with Crippen molar-refractivity contribution >= 4 is 5.97 Å². The quantitative estimate of drug-likeness (QED) is 0.910. The summed E-state index contributed by atoms with van der Waals surface area (Å²) in [4.78, 5) is 36.6. The molecule has 0 saturated carbocycles. The molecule has 0 radical (unpaired) electrons. The Hall–Kier alpha value is -2.63. The third kappa shape index (κ3) is 3.04. The van der Waals surface area contributed by atoms with Crippen LogP contribution in [0.4, 0.5) is 0 Å². The Kier molecular flexibility index (Phi) is 5.07. The fourth-order valence-electron chi connectivity index (χ4n) is 2.88. The van der Waals surface area contributed by atoms with Crippen molar-refractivity contribution in [3.63, 3.8) is 0 Å². The SMILES string of the molecule is CCCn1c(=O)c(-c2cccc(C)c2C)c(C)n(CC(=O)O)c1=O. The fraction of sp³-hybridized carbons (Fsp3) is 0.389. The van der Waals surface area contributed by atoms with Gasteiger partial charge in [0.1, 0.15) is 6.54 Å². The molecule has 1 aromatic heterocycles. The van der Waals surface area contributed by atoms with Gasteiger partial charge < -0.3 is 5.11 Å². The molecule has 2 aromatic rings. The molecule has 0 fully saturated rings. The van der Waals surface area contributed by atoms with E-state index in [2.05, 4.69) is 0 Å². The van der Waals surface area contributed by atoms with Crippen LogP contribution in [0.25, 0.3) is 11.1 Å². The lowest BCUT2D eigenvalue weighted by molar-refractivity contribution is -0.137. The highest BCUT2D eigenvalue weighted by Crippen LogP contribution is 2.25. The van der Waals surface area contributed by atoms with E-state index in [1.54, 1.807) is 6.92 Å². The smallest absolute Gasteiger partial charge is 0.331 e. The first-order valence-electron chi connectivity index (χ1n) is 7.92. The lowest BCUT2D eigenvalue weighted by atomic mass is 9.97. The summed E-state index contributed by atoms with van der Waals surface area (Å²) >= 11 is 0. The van der Waals surface area contributed by atoms with Crippen LogP contribution in [0, 0.1) is 20.8 Å². The number of benzene rings is 1. The van der Waals surface area contributed by atoms with Gasteiger partial charge in [0, 0.05) is 12.2 Å². The van der Waals surface area contributed by atoms with Gasteiger partial charge in [0.15, 0.2) is 0 Å². The average Bonchev–Trinajstić information content (AvgIpc) is 2.52. The Bertz CT molecular complexity index is 906. The second-order valence-corrected chi connectivity index (χ2v) is 5.93. The first-order valence-corrected chi connectivity index (χ1v) is 7.92. The summed E-state index contributed by atoms with van der Waals surface area (Å²) in [5, 5.41) is 9.12. The highest BCUT2D eigenvalue weighted by molar-refractivity contribution is 5.71. The summed E-state index contributed by atoms with van der Waals surface area (Å²) in [6.45, 7) is 7.15. The molecule has 6 heteroatoms. The molecule has 1 heterocycles. The summed E-state index contributed by atoms with van der Waals surface area (Å²) in [6, 6.07) is 5.64. The Morgan fingerprint density at radius 2 is 1.79 bits per heavy atom. The van der Waals surface area contributed by atoms with E-state index in [1.807, 2.05) is 39.0 Å². The zero-order valence-corrected chi connectivity index (χ0v) is 14.4. The largest absolute Gasteiger partial charge is 0.480 e. The van der Waals surface area contributed by atoms with Crippen molar-refractivity contribution in [2.75, 3.05) is 0 Å². The van der Waals surface area contributed by atoms with Gasteiger partial charge in [0.25, 0.3) is 5.56 Å². The van der Waals surface area contributed by atoms with Gasteiger partial charge in [0.05, 0.1) is 5.56 Å². The molecule has 0 saturated heterocycles. The van der Waals surface area contributed by atoms with Gasteiger partial charge >= 0.3 is 11.7 Å². The van der Waals surface area contributed by atoms with E-state index >= 15 is 0 Å². The van der Waals surface area contributed by atoms with Crippen molar-refractivity contribution in [1.82, 2.24) is 9.13 Å². The molecule has 0 aliphatic carbocycles. The van der Waals surface area contributed by atoms with E-state index in [-0.39, 0.29) is 12.1 Å². The molecule has 2 rings (SSSR count). The Balaban J connectivity index is 2.92. The van der Waals surface area contributed by atoms with E-state index in [1.165, 1.54) is 0 Å². The summed E-state index contributed by atoms with van der Waals surface area (Å²) < 4.78 is 2.30. The Morgan fingerprint density at radius 3 is 2.38 bits per heavy atom. The molecule has 24 heavy (non-hydrogen) atoms. The maximum absolute atomic E-state index is 12.9. The molecule has 0 spiro atoms. The number of carboxylic acid groups (broad SMARTS) is 1. The number of aromatic nitrogens is 2. The second-order valence-electron chi connectivity index (χ2n) is 5.93. The number of aliphatic carboxylic acids is 1. The normalized spacial score (nSPS) is 10.8. The van der Waals surface area contributed by atoms with Gasteiger partial charge in [-0.05, 0) is 43.9 Å². The third-order valence-electron chi connectivity index (χ3n) is 4.30. The van der Waals surface area contributed by atoms with Crippen molar-refractivity contribution in [3.8, 4) is 11.1 Å². The number of aryl methyl sites for hydroxylation is 1. The zero-order chi connectivity index (χ0) is 18.0. The van der Waals surface area contributed by atoms with Gasteiger partial charge in [-0.2, -0.15) is 0 Å². The van der Waals surface area contributed by atoms with Crippen LogP contribution in [0.5, 0.6) is 0 Å². The van der Waals surface area contributed by atoms with Crippen LogP contribution in [-0.2, 0) is 17.9 Å². The molecule has 128 valence electrons. The predicted molar refractivity (Wildman–Crippen MR) is 92.5 cm³/mol. The standard InChI is InChI=1S/C18H22N2O4/c1-5-9-19-17(23)16(14-8-6-7-11(2)12(14)3)13(4)20(18(19)24)10-15(21)22/h6-8H,5,9-10H2,1-4H3,(H,21,22). The molecule has 1 aromatic carbocycles.